The SMILES string of the molecule is C1=CCCCP=1. The van der Waals surface area contributed by atoms with E-state index in [1.165, 1.54) is 27.2 Å². The molecule has 1 aliphatic heterocycles. The monoisotopic (exact) mass is 98.0 g/mol. The Morgan fingerprint density at radius 3 is 2.83 bits per heavy atom. The smallest absolute Gasteiger partial charge is 0.00284 e. The average Bonchev–Trinajstić information content (AvgIpc) is 1.72. The fourth-order valence-electron chi connectivity index (χ4n) is 0.466. The maximum absolute atomic E-state index is 3.13. The van der Waals surface area contributed by atoms with E-state index in [9.17, 15) is 0 Å². The lowest BCUT2D eigenvalue weighted by molar-refractivity contribution is 0.974. The van der Waals surface area contributed by atoms with Crippen molar-refractivity contribution in [2.75, 3.05) is 6.16 Å². The summed E-state index contributed by atoms with van der Waals surface area (Å²) in [7, 11) is 1.39. The van der Waals surface area contributed by atoms with Gasteiger partial charge in [0.15, 0.2) is 0 Å². The number of allylic oxidation sites excluding steroid dienone is 1. The van der Waals surface area contributed by atoms with E-state index in [-0.39, 0.29) is 0 Å². The summed E-state index contributed by atoms with van der Waals surface area (Å²) in [6, 6.07) is 0. The Hall–Kier alpha value is -0.0500. The van der Waals surface area contributed by atoms with Gasteiger partial charge in [0.05, 0.1) is 0 Å². The first-order valence-electron chi connectivity index (χ1n) is 2.24. The highest BCUT2D eigenvalue weighted by Crippen LogP contribution is 2.03. The molecule has 0 bridgehead atoms. The summed E-state index contributed by atoms with van der Waals surface area (Å²) in [6.07, 6.45) is 6.09. The number of rotatable bonds is 0. The van der Waals surface area contributed by atoms with Crippen LogP contribution in [0.1, 0.15) is 12.8 Å². The lowest BCUT2D eigenvalue weighted by Crippen LogP contribution is -1.75. The molecule has 0 unspecified atom stereocenters. The molecule has 0 radical (unpaired) electrons. The zero-order chi connectivity index (χ0) is 4.24. The minimum absolute atomic E-state index is 1.26. The van der Waals surface area contributed by atoms with Crippen LogP contribution in [0, 0.1) is 0 Å². The Morgan fingerprint density at radius 2 is 2.67 bits per heavy atom. The van der Waals surface area contributed by atoms with Crippen LogP contribution < -0.4 is 0 Å². The zero-order valence-corrected chi connectivity index (χ0v) is 4.54. The van der Waals surface area contributed by atoms with Crippen LogP contribution in [0.15, 0.2) is 6.08 Å². The van der Waals surface area contributed by atoms with Gasteiger partial charge in [-0.1, -0.05) is 13.7 Å². The molecule has 0 nitrogen and oxygen atoms in total. The largest absolute Gasteiger partial charge is 0.0982 e. The van der Waals surface area contributed by atoms with Crippen LogP contribution >= 0.6 is 8.20 Å². The fourth-order valence-corrected chi connectivity index (χ4v) is 1.19. The molecule has 0 aliphatic carbocycles. The van der Waals surface area contributed by atoms with Crippen LogP contribution in [0.25, 0.3) is 0 Å². The highest BCUT2D eigenvalue weighted by molar-refractivity contribution is 7.37. The minimum Gasteiger partial charge on any atom is -0.0982 e. The third kappa shape index (κ3) is 0.971. The quantitative estimate of drug-likeness (QED) is 0.404. The fraction of sp³-hybridized carbons (Fsp3) is 0.600. The summed E-state index contributed by atoms with van der Waals surface area (Å²) < 4.78 is 0. The van der Waals surface area contributed by atoms with Crippen LogP contribution in [-0.4, -0.2) is 11.6 Å². The van der Waals surface area contributed by atoms with Gasteiger partial charge >= 0.3 is 0 Å². The number of hydrogen-bond acceptors (Lipinski definition) is 0. The normalized spacial score (nSPS) is 21.3. The summed E-state index contributed by atoms with van der Waals surface area (Å²) in [4.78, 5) is 0. The second kappa shape index (κ2) is 2.18. The second-order valence-electron chi connectivity index (χ2n) is 1.36. The van der Waals surface area contributed by atoms with Crippen molar-refractivity contribution in [3.8, 4) is 0 Å². The Balaban J connectivity index is 2.53. The van der Waals surface area contributed by atoms with Crippen molar-refractivity contribution < 1.29 is 0 Å². The average molecular weight is 98.1 g/mol. The molecule has 1 aliphatic rings. The predicted molar refractivity (Wildman–Crippen MR) is 30.6 cm³/mol. The van der Waals surface area contributed by atoms with E-state index in [1.807, 2.05) is 0 Å². The standard InChI is InChI=1S/C5H7P/c1-2-4-6-5-3-1/h2H,1,3,5H2. The molecular formula is C5H7P. The molecule has 0 fully saturated rings. The Kier molecular flexibility index (Phi) is 1.50. The highest BCUT2D eigenvalue weighted by Gasteiger charge is 1.82. The maximum Gasteiger partial charge on any atom is -0.00284 e. The lowest BCUT2D eigenvalue weighted by Gasteiger charge is -1.88. The van der Waals surface area contributed by atoms with Gasteiger partial charge in [-0.15, -0.1) is 0 Å². The summed E-state index contributed by atoms with van der Waals surface area (Å²) in [5.41, 5.74) is 3.13. The van der Waals surface area contributed by atoms with Crippen molar-refractivity contribution in [2.45, 2.75) is 12.8 Å². The molecule has 0 aromatic carbocycles. The second-order valence-corrected chi connectivity index (χ2v) is 2.38. The van der Waals surface area contributed by atoms with Gasteiger partial charge < -0.3 is 0 Å². The van der Waals surface area contributed by atoms with Crippen LogP contribution in [-0.2, 0) is 0 Å². The van der Waals surface area contributed by atoms with Crippen LogP contribution in [0.4, 0.5) is 0 Å². The van der Waals surface area contributed by atoms with E-state index >= 15 is 0 Å². The molecule has 1 heteroatoms. The van der Waals surface area contributed by atoms with E-state index in [0.29, 0.717) is 0 Å². The molecule has 1 rings (SSSR count). The number of hydrogen-bond donors (Lipinski definition) is 0. The molecule has 0 saturated heterocycles. The van der Waals surface area contributed by atoms with Gasteiger partial charge in [-0.3, -0.25) is 0 Å². The molecule has 6 heavy (non-hydrogen) atoms. The first-order valence-corrected chi connectivity index (χ1v) is 3.32. The molecule has 0 N–H and O–H groups in total. The van der Waals surface area contributed by atoms with Crippen molar-refractivity contribution in [3.05, 3.63) is 6.08 Å². The van der Waals surface area contributed by atoms with Crippen molar-refractivity contribution >= 4 is 13.7 Å². The first kappa shape index (κ1) is 4.12. The van der Waals surface area contributed by atoms with E-state index in [0.717, 1.165) is 0 Å². The molecule has 0 saturated carbocycles. The van der Waals surface area contributed by atoms with Gasteiger partial charge in [0.1, 0.15) is 0 Å². The third-order valence-electron chi connectivity index (χ3n) is 0.801. The van der Waals surface area contributed by atoms with Gasteiger partial charge in [0, 0.05) is 0 Å². The maximum atomic E-state index is 3.13. The van der Waals surface area contributed by atoms with Gasteiger partial charge in [0.25, 0.3) is 0 Å². The predicted octanol–water partition coefficient (Wildman–Crippen LogP) is 1.68. The summed E-state index contributed by atoms with van der Waals surface area (Å²) in [5.74, 6) is 0. The van der Waals surface area contributed by atoms with E-state index < -0.39 is 0 Å². The van der Waals surface area contributed by atoms with Crippen LogP contribution in [0.2, 0.25) is 0 Å². The third-order valence-corrected chi connectivity index (χ3v) is 1.71. The van der Waals surface area contributed by atoms with Gasteiger partial charge in [-0.05, 0) is 25.1 Å². The molecule has 0 aromatic rings. The minimum atomic E-state index is 1.26. The summed E-state index contributed by atoms with van der Waals surface area (Å²) >= 11 is 0. The molecule has 0 amide bonds. The van der Waals surface area contributed by atoms with E-state index in [4.69, 9.17) is 0 Å². The highest BCUT2D eigenvalue weighted by atomic mass is 31.1. The molecule has 0 spiro atoms. The zero-order valence-electron chi connectivity index (χ0n) is 3.65. The van der Waals surface area contributed by atoms with Crippen molar-refractivity contribution in [1.29, 1.82) is 0 Å². The van der Waals surface area contributed by atoms with E-state index in [1.54, 1.807) is 0 Å². The Labute approximate surface area is 39.7 Å². The van der Waals surface area contributed by atoms with Crippen LogP contribution in [0.3, 0.4) is 0 Å². The van der Waals surface area contributed by atoms with Gasteiger partial charge in [0.2, 0.25) is 0 Å². The summed E-state index contributed by atoms with van der Waals surface area (Å²) in [6.45, 7) is 0. The Bertz CT molecular complexity index is 80.1. The Morgan fingerprint density at radius 1 is 1.67 bits per heavy atom. The van der Waals surface area contributed by atoms with Crippen molar-refractivity contribution in [1.82, 2.24) is 0 Å². The molecule has 0 aromatic heterocycles. The van der Waals surface area contributed by atoms with Gasteiger partial charge in [-0.25, -0.2) is 0 Å². The molecule has 0 atom stereocenters. The topological polar surface area (TPSA) is 0 Å². The lowest BCUT2D eigenvalue weighted by atomic mass is 10.3. The van der Waals surface area contributed by atoms with E-state index in [2.05, 4.69) is 11.5 Å². The summed E-state index contributed by atoms with van der Waals surface area (Å²) in [5, 5.41) is 0. The molecule has 32 valence electrons. The first-order chi connectivity index (χ1) is 3.00. The van der Waals surface area contributed by atoms with Crippen molar-refractivity contribution in [3.63, 3.8) is 0 Å². The van der Waals surface area contributed by atoms with Crippen molar-refractivity contribution in [2.24, 2.45) is 0 Å². The van der Waals surface area contributed by atoms with Gasteiger partial charge in [-0.2, -0.15) is 0 Å². The molecular weight excluding hydrogens is 91.0 g/mol. The molecule has 1 heterocycles. The van der Waals surface area contributed by atoms with Crippen LogP contribution in [0.5, 0.6) is 0 Å².